The number of pyridine rings is 1. The van der Waals surface area contributed by atoms with Crippen molar-refractivity contribution in [3.63, 3.8) is 0 Å². The number of carbonyl (C=O) groups is 1. The lowest BCUT2D eigenvalue weighted by molar-refractivity contribution is -0.133. The second-order valence-corrected chi connectivity index (χ2v) is 7.39. The highest BCUT2D eigenvalue weighted by atomic mass is 16.3. The summed E-state index contributed by atoms with van der Waals surface area (Å²) in [5.41, 5.74) is 0.705. The van der Waals surface area contributed by atoms with Gasteiger partial charge in [0, 0.05) is 45.0 Å². The first-order valence-corrected chi connectivity index (χ1v) is 9.17. The van der Waals surface area contributed by atoms with Gasteiger partial charge >= 0.3 is 0 Å². The van der Waals surface area contributed by atoms with Gasteiger partial charge in [-0.15, -0.1) is 0 Å². The Hall–Kier alpha value is -1.46. The fraction of sp³-hybridized carbons (Fsp3) is 0.684. The molecule has 1 amide bonds. The van der Waals surface area contributed by atoms with Gasteiger partial charge in [0.25, 0.3) is 0 Å². The molecule has 0 aliphatic carbocycles. The Morgan fingerprint density at radius 3 is 2.67 bits per heavy atom. The highest BCUT2D eigenvalue weighted by molar-refractivity contribution is 5.73. The van der Waals surface area contributed by atoms with E-state index >= 15 is 0 Å². The van der Waals surface area contributed by atoms with Crippen LogP contribution in [0.25, 0.3) is 0 Å². The fourth-order valence-electron chi connectivity index (χ4n) is 4.09. The van der Waals surface area contributed by atoms with E-state index in [1.54, 1.807) is 6.92 Å². The van der Waals surface area contributed by atoms with Crippen molar-refractivity contribution in [2.45, 2.75) is 57.1 Å². The molecule has 2 saturated heterocycles. The maximum atomic E-state index is 11.5. The summed E-state index contributed by atoms with van der Waals surface area (Å²) in [6, 6.07) is 4.74. The molecule has 0 spiro atoms. The molecular weight excluding hydrogens is 302 g/mol. The molecule has 2 aliphatic rings. The van der Waals surface area contributed by atoms with Gasteiger partial charge in [0.1, 0.15) is 0 Å². The highest BCUT2D eigenvalue weighted by Gasteiger charge is 2.37. The number of amides is 1. The van der Waals surface area contributed by atoms with Crippen LogP contribution in [0.2, 0.25) is 0 Å². The molecule has 2 aliphatic heterocycles. The van der Waals surface area contributed by atoms with Gasteiger partial charge in [-0.25, -0.2) is 0 Å². The van der Waals surface area contributed by atoms with Gasteiger partial charge in [-0.05, 0) is 62.8 Å². The SMILES string of the molecule is CC(=O)N1CCC(O)(CN2CCC[C@@H]2CCc2ccncc2)CC1. The smallest absolute Gasteiger partial charge is 0.219 e. The second-order valence-electron chi connectivity index (χ2n) is 7.39. The van der Waals surface area contributed by atoms with Gasteiger partial charge in [0.05, 0.1) is 5.60 Å². The van der Waals surface area contributed by atoms with Crippen molar-refractivity contribution in [1.82, 2.24) is 14.8 Å². The predicted molar refractivity (Wildman–Crippen MR) is 93.6 cm³/mol. The molecule has 3 heterocycles. The van der Waals surface area contributed by atoms with Crippen molar-refractivity contribution in [3.8, 4) is 0 Å². The molecule has 0 bridgehead atoms. The van der Waals surface area contributed by atoms with E-state index in [1.807, 2.05) is 17.3 Å². The summed E-state index contributed by atoms with van der Waals surface area (Å²) in [7, 11) is 0. The van der Waals surface area contributed by atoms with Crippen LogP contribution in [-0.2, 0) is 11.2 Å². The van der Waals surface area contributed by atoms with Gasteiger partial charge in [0.15, 0.2) is 0 Å². The van der Waals surface area contributed by atoms with Gasteiger partial charge in [-0.2, -0.15) is 0 Å². The number of carbonyl (C=O) groups excluding carboxylic acids is 1. The standard InChI is InChI=1S/C19H29N3O2/c1-16(23)21-13-8-19(24,9-14-21)15-22-12-2-3-18(22)5-4-17-6-10-20-11-7-17/h6-7,10-11,18,24H,2-5,8-9,12-15H2,1H3/t18-/m1/s1. The lowest BCUT2D eigenvalue weighted by atomic mass is 9.90. The first kappa shape index (κ1) is 17.4. The van der Waals surface area contributed by atoms with Crippen LogP contribution in [0, 0.1) is 0 Å². The number of aryl methyl sites for hydroxylation is 1. The normalized spacial score (nSPS) is 24.2. The summed E-state index contributed by atoms with van der Waals surface area (Å²) in [4.78, 5) is 19.9. The topological polar surface area (TPSA) is 56.7 Å². The van der Waals surface area contributed by atoms with Crippen molar-refractivity contribution >= 4 is 5.91 Å². The number of piperidine rings is 1. The molecule has 1 aromatic rings. The molecule has 132 valence electrons. The Kier molecular flexibility index (Phi) is 5.51. The Morgan fingerprint density at radius 2 is 2.00 bits per heavy atom. The second kappa shape index (κ2) is 7.62. The van der Waals surface area contributed by atoms with Gasteiger partial charge in [-0.1, -0.05) is 0 Å². The van der Waals surface area contributed by atoms with Crippen LogP contribution < -0.4 is 0 Å². The van der Waals surface area contributed by atoms with Gasteiger partial charge in [0.2, 0.25) is 5.91 Å². The Bertz CT molecular complexity index is 541. The van der Waals surface area contributed by atoms with Crippen molar-refractivity contribution < 1.29 is 9.90 Å². The zero-order valence-electron chi connectivity index (χ0n) is 14.7. The summed E-state index contributed by atoms with van der Waals surface area (Å²) in [6.45, 7) is 4.81. The predicted octanol–water partition coefficient (Wildman–Crippen LogP) is 1.85. The van der Waals surface area contributed by atoms with Crippen molar-refractivity contribution in [2.75, 3.05) is 26.2 Å². The monoisotopic (exact) mass is 331 g/mol. The third-order valence-electron chi connectivity index (χ3n) is 5.65. The molecule has 5 nitrogen and oxygen atoms in total. The Balaban J connectivity index is 1.51. The van der Waals surface area contributed by atoms with E-state index in [0.717, 1.165) is 25.9 Å². The van der Waals surface area contributed by atoms with Crippen LogP contribution in [0.15, 0.2) is 24.5 Å². The molecule has 1 aromatic heterocycles. The lowest BCUT2D eigenvalue weighted by Gasteiger charge is -2.41. The minimum atomic E-state index is -0.634. The molecule has 2 fully saturated rings. The number of aliphatic hydroxyl groups is 1. The third kappa shape index (κ3) is 4.33. The molecule has 0 saturated carbocycles. The summed E-state index contributed by atoms with van der Waals surface area (Å²) in [5.74, 6) is 0.119. The van der Waals surface area contributed by atoms with E-state index in [-0.39, 0.29) is 5.91 Å². The zero-order chi connectivity index (χ0) is 17.0. The number of hydrogen-bond acceptors (Lipinski definition) is 4. The van der Waals surface area contributed by atoms with E-state index in [9.17, 15) is 9.90 Å². The molecule has 0 unspecified atom stereocenters. The van der Waals surface area contributed by atoms with E-state index in [4.69, 9.17) is 0 Å². The van der Waals surface area contributed by atoms with Crippen molar-refractivity contribution in [1.29, 1.82) is 0 Å². The van der Waals surface area contributed by atoms with E-state index in [0.29, 0.717) is 32.0 Å². The van der Waals surface area contributed by atoms with Crippen LogP contribution in [0.3, 0.4) is 0 Å². The lowest BCUT2D eigenvalue weighted by Crippen LogP contribution is -2.52. The minimum Gasteiger partial charge on any atom is -0.388 e. The van der Waals surface area contributed by atoms with Crippen LogP contribution in [0.4, 0.5) is 0 Å². The quantitative estimate of drug-likeness (QED) is 0.895. The Morgan fingerprint density at radius 1 is 1.29 bits per heavy atom. The average Bonchev–Trinajstić information content (AvgIpc) is 3.01. The first-order valence-electron chi connectivity index (χ1n) is 9.17. The average molecular weight is 331 g/mol. The third-order valence-corrected chi connectivity index (χ3v) is 5.65. The number of likely N-dealkylation sites (tertiary alicyclic amines) is 2. The van der Waals surface area contributed by atoms with Crippen LogP contribution in [-0.4, -0.2) is 63.6 Å². The number of β-amino-alcohol motifs (C(OH)–C–C–N with tert-alkyl or cyclic N) is 1. The van der Waals surface area contributed by atoms with E-state index in [2.05, 4.69) is 22.0 Å². The number of nitrogens with zero attached hydrogens (tertiary/aromatic N) is 3. The molecular formula is C19H29N3O2. The maximum Gasteiger partial charge on any atom is 0.219 e. The largest absolute Gasteiger partial charge is 0.388 e. The summed E-state index contributed by atoms with van der Waals surface area (Å²) < 4.78 is 0. The van der Waals surface area contributed by atoms with Crippen LogP contribution in [0.5, 0.6) is 0 Å². The molecule has 24 heavy (non-hydrogen) atoms. The molecule has 1 N–H and O–H groups in total. The summed E-state index contributed by atoms with van der Waals surface area (Å²) in [5, 5.41) is 10.9. The van der Waals surface area contributed by atoms with Gasteiger partial charge < -0.3 is 10.0 Å². The minimum absolute atomic E-state index is 0.119. The molecule has 3 rings (SSSR count). The van der Waals surface area contributed by atoms with Crippen LogP contribution >= 0.6 is 0 Å². The molecule has 1 atom stereocenters. The fourth-order valence-corrected chi connectivity index (χ4v) is 4.09. The van der Waals surface area contributed by atoms with Gasteiger partial charge in [-0.3, -0.25) is 14.7 Å². The number of aromatic nitrogens is 1. The number of rotatable bonds is 5. The van der Waals surface area contributed by atoms with Crippen LogP contribution in [0.1, 0.15) is 44.6 Å². The van der Waals surface area contributed by atoms with E-state index in [1.165, 1.54) is 18.4 Å². The molecule has 0 radical (unpaired) electrons. The van der Waals surface area contributed by atoms with E-state index < -0.39 is 5.60 Å². The van der Waals surface area contributed by atoms with Crippen molar-refractivity contribution in [2.24, 2.45) is 0 Å². The highest BCUT2D eigenvalue weighted by Crippen LogP contribution is 2.29. The number of hydrogen-bond donors (Lipinski definition) is 1. The Labute approximate surface area is 144 Å². The summed E-state index contributed by atoms with van der Waals surface area (Å²) in [6.07, 6.45) is 9.75. The molecule has 5 heteroatoms. The zero-order valence-corrected chi connectivity index (χ0v) is 14.7. The summed E-state index contributed by atoms with van der Waals surface area (Å²) >= 11 is 0. The first-order chi connectivity index (χ1) is 11.6. The van der Waals surface area contributed by atoms with Crippen molar-refractivity contribution in [3.05, 3.63) is 30.1 Å². The maximum absolute atomic E-state index is 11.5. The molecule has 0 aromatic carbocycles.